The maximum atomic E-state index is 14.1. The average Bonchev–Trinajstić information content (AvgIpc) is 2.64. The van der Waals surface area contributed by atoms with E-state index in [1.54, 1.807) is 16.8 Å². The summed E-state index contributed by atoms with van der Waals surface area (Å²) in [5.74, 6) is 0.955. The van der Waals surface area contributed by atoms with Gasteiger partial charge in [-0.05, 0) is 26.0 Å². The Morgan fingerprint density at radius 1 is 1.33 bits per heavy atom. The van der Waals surface area contributed by atoms with E-state index in [0.717, 1.165) is 11.4 Å². The maximum Gasteiger partial charge on any atom is 0.171 e. The molecule has 0 fully saturated rings. The molecule has 0 aliphatic carbocycles. The van der Waals surface area contributed by atoms with Gasteiger partial charge in [0.2, 0.25) is 0 Å². The van der Waals surface area contributed by atoms with E-state index in [1.165, 1.54) is 6.07 Å². The lowest BCUT2D eigenvalue weighted by Gasteiger charge is -2.14. The average molecular weight is 291 g/mol. The fraction of sp³-hybridized carbons (Fsp3) is 0.438. The van der Waals surface area contributed by atoms with Crippen LogP contribution in [0.4, 0.5) is 4.39 Å². The number of halogens is 1. The third-order valence-corrected chi connectivity index (χ3v) is 3.42. The number of hydrogen-bond acceptors (Lipinski definition) is 3. The summed E-state index contributed by atoms with van der Waals surface area (Å²) in [4.78, 5) is 0. The van der Waals surface area contributed by atoms with Crippen LogP contribution in [0.2, 0.25) is 0 Å². The molecule has 0 bridgehead atoms. The normalized spacial score (nSPS) is 11.2. The number of hydrogen-bond donors (Lipinski definition) is 1. The van der Waals surface area contributed by atoms with Crippen LogP contribution < -0.4 is 10.1 Å². The van der Waals surface area contributed by atoms with Gasteiger partial charge >= 0.3 is 0 Å². The van der Waals surface area contributed by atoms with E-state index in [0.29, 0.717) is 23.6 Å². The molecule has 0 atom stereocenters. The van der Waals surface area contributed by atoms with E-state index >= 15 is 0 Å². The fourth-order valence-electron chi connectivity index (χ4n) is 2.12. The first kappa shape index (κ1) is 15.5. The lowest BCUT2D eigenvalue weighted by molar-refractivity contribution is 0.451. The van der Waals surface area contributed by atoms with Gasteiger partial charge in [-0.15, -0.1) is 0 Å². The predicted molar refractivity (Wildman–Crippen MR) is 81.1 cm³/mol. The van der Waals surface area contributed by atoms with Gasteiger partial charge in [0.05, 0.1) is 5.69 Å². The monoisotopic (exact) mass is 291 g/mol. The van der Waals surface area contributed by atoms with Crippen molar-refractivity contribution in [1.82, 2.24) is 15.1 Å². The van der Waals surface area contributed by atoms with Crippen LogP contribution in [0.25, 0.3) is 0 Å². The van der Waals surface area contributed by atoms with E-state index in [9.17, 15) is 4.39 Å². The van der Waals surface area contributed by atoms with Crippen molar-refractivity contribution in [1.29, 1.82) is 0 Å². The first-order valence-electron chi connectivity index (χ1n) is 7.09. The molecule has 0 radical (unpaired) electrons. The van der Waals surface area contributed by atoms with Gasteiger partial charge in [0.1, 0.15) is 17.3 Å². The highest BCUT2D eigenvalue weighted by atomic mass is 19.1. The van der Waals surface area contributed by atoms with Crippen LogP contribution in [0.1, 0.15) is 30.8 Å². The zero-order valence-corrected chi connectivity index (χ0v) is 13.2. The summed E-state index contributed by atoms with van der Waals surface area (Å²) in [7, 11) is 1.86. The molecule has 1 N–H and O–H groups in total. The molecule has 1 aromatic carbocycles. The molecule has 2 rings (SSSR count). The first-order chi connectivity index (χ1) is 9.90. The highest BCUT2D eigenvalue weighted by Gasteiger charge is 2.16. The number of nitrogens with zero attached hydrogens (tertiary/aromatic N) is 2. The molecule has 0 aliphatic heterocycles. The standard InChI is InChI=1S/C16H22FN3O/c1-10(2)18-9-13-14(17)7-6-8-15(13)21-16-11(3)19-20(5)12(16)4/h6-8,10,18H,9H2,1-5H3. The Bertz CT molecular complexity index is 635. The fourth-order valence-corrected chi connectivity index (χ4v) is 2.12. The minimum atomic E-state index is -0.264. The van der Waals surface area contributed by atoms with Gasteiger partial charge in [-0.2, -0.15) is 5.10 Å². The summed E-state index contributed by atoms with van der Waals surface area (Å²) >= 11 is 0. The number of nitrogens with one attached hydrogen (secondary N) is 1. The molecule has 21 heavy (non-hydrogen) atoms. The van der Waals surface area contributed by atoms with Crippen molar-refractivity contribution in [3.8, 4) is 11.5 Å². The van der Waals surface area contributed by atoms with Crippen LogP contribution in [0.5, 0.6) is 11.5 Å². The zero-order chi connectivity index (χ0) is 15.6. The third kappa shape index (κ3) is 3.42. The molecule has 5 heteroatoms. The Balaban J connectivity index is 2.33. The van der Waals surface area contributed by atoms with Crippen LogP contribution in [-0.4, -0.2) is 15.8 Å². The van der Waals surface area contributed by atoms with Crippen molar-refractivity contribution >= 4 is 0 Å². The molecular weight excluding hydrogens is 269 g/mol. The van der Waals surface area contributed by atoms with E-state index in [-0.39, 0.29) is 11.9 Å². The summed E-state index contributed by atoms with van der Waals surface area (Å²) in [6.45, 7) is 8.29. The Morgan fingerprint density at radius 2 is 2.05 bits per heavy atom. The molecule has 0 saturated heterocycles. The Kier molecular flexibility index (Phi) is 4.63. The second kappa shape index (κ2) is 6.26. The van der Waals surface area contributed by atoms with Gasteiger partial charge in [0.25, 0.3) is 0 Å². The largest absolute Gasteiger partial charge is 0.453 e. The number of aryl methyl sites for hydroxylation is 2. The van der Waals surface area contributed by atoms with Gasteiger partial charge in [-0.1, -0.05) is 19.9 Å². The van der Waals surface area contributed by atoms with E-state index < -0.39 is 0 Å². The van der Waals surface area contributed by atoms with Gasteiger partial charge < -0.3 is 10.1 Å². The molecule has 1 aromatic heterocycles. The molecule has 1 heterocycles. The lowest BCUT2D eigenvalue weighted by atomic mass is 10.1. The number of rotatable bonds is 5. The summed E-state index contributed by atoms with van der Waals surface area (Å²) in [6.07, 6.45) is 0. The topological polar surface area (TPSA) is 39.1 Å². The van der Waals surface area contributed by atoms with Crippen LogP contribution in [0.3, 0.4) is 0 Å². The number of aromatic nitrogens is 2. The maximum absolute atomic E-state index is 14.1. The van der Waals surface area contributed by atoms with Crippen LogP contribution in [-0.2, 0) is 13.6 Å². The smallest absolute Gasteiger partial charge is 0.171 e. The number of ether oxygens (including phenoxy) is 1. The SMILES string of the molecule is Cc1nn(C)c(C)c1Oc1cccc(F)c1CNC(C)C. The van der Waals surface area contributed by atoms with Crippen molar-refractivity contribution in [3.63, 3.8) is 0 Å². The summed E-state index contributed by atoms with van der Waals surface area (Å²) in [5.41, 5.74) is 2.25. The Labute approximate surface area is 124 Å². The van der Waals surface area contributed by atoms with Gasteiger partial charge in [-0.3, -0.25) is 4.68 Å². The van der Waals surface area contributed by atoms with Crippen molar-refractivity contribution in [3.05, 3.63) is 41.0 Å². The molecule has 0 amide bonds. The van der Waals surface area contributed by atoms with Crippen molar-refractivity contribution in [2.45, 2.75) is 40.3 Å². The molecule has 114 valence electrons. The second-order valence-corrected chi connectivity index (χ2v) is 5.48. The van der Waals surface area contributed by atoms with E-state index in [2.05, 4.69) is 10.4 Å². The Hall–Kier alpha value is -1.88. The molecule has 0 aliphatic rings. The highest BCUT2D eigenvalue weighted by molar-refractivity contribution is 5.41. The Morgan fingerprint density at radius 3 is 2.62 bits per heavy atom. The van der Waals surface area contributed by atoms with Gasteiger partial charge in [0, 0.05) is 25.2 Å². The quantitative estimate of drug-likeness (QED) is 0.917. The van der Waals surface area contributed by atoms with Crippen LogP contribution >= 0.6 is 0 Å². The molecule has 0 unspecified atom stereocenters. The molecule has 2 aromatic rings. The zero-order valence-electron chi connectivity index (χ0n) is 13.2. The van der Waals surface area contributed by atoms with Crippen molar-refractivity contribution in [2.75, 3.05) is 0 Å². The summed E-state index contributed by atoms with van der Waals surface area (Å²) in [5, 5.41) is 7.54. The summed E-state index contributed by atoms with van der Waals surface area (Å²) in [6, 6.07) is 5.17. The number of benzene rings is 1. The minimum absolute atomic E-state index is 0.264. The van der Waals surface area contributed by atoms with E-state index in [4.69, 9.17) is 4.74 Å². The first-order valence-corrected chi connectivity index (χ1v) is 7.09. The lowest BCUT2D eigenvalue weighted by Crippen LogP contribution is -2.22. The van der Waals surface area contributed by atoms with Gasteiger partial charge in [-0.25, -0.2) is 4.39 Å². The molecular formula is C16H22FN3O. The molecule has 0 saturated carbocycles. The van der Waals surface area contributed by atoms with Crippen molar-refractivity contribution < 1.29 is 9.13 Å². The third-order valence-electron chi connectivity index (χ3n) is 3.42. The predicted octanol–water partition coefficient (Wildman–Crippen LogP) is 3.47. The van der Waals surface area contributed by atoms with Crippen molar-refractivity contribution in [2.24, 2.45) is 7.05 Å². The van der Waals surface area contributed by atoms with E-state index in [1.807, 2.05) is 34.7 Å². The molecule has 0 spiro atoms. The van der Waals surface area contributed by atoms with Crippen LogP contribution in [0, 0.1) is 19.7 Å². The second-order valence-electron chi connectivity index (χ2n) is 5.48. The molecule has 4 nitrogen and oxygen atoms in total. The summed E-state index contributed by atoms with van der Waals surface area (Å²) < 4.78 is 21.8. The minimum Gasteiger partial charge on any atom is -0.453 e. The van der Waals surface area contributed by atoms with Gasteiger partial charge in [0.15, 0.2) is 5.75 Å². The highest BCUT2D eigenvalue weighted by Crippen LogP contribution is 2.31. The van der Waals surface area contributed by atoms with Crippen LogP contribution in [0.15, 0.2) is 18.2 Å².